The molecule has 0 aliphatic heterocycles. The van der Waals surface area contributed by atoms with Gasteiger partial charge in [0.05, 0.1) is 0 Å². The van der Waals surface area contributed by atoms with Gasteiger partial charge in [-0.1, -0.05) is 0 Å². The summed E-state index contributed by atoms with van der Waals surface area (Å²) in [6.07, 6.45) is -6.78. The Morgan fingerprint density at radius 1 is 1.07 bits per heavy atom. The minimum Gasteiger partial charge on any atom is -0.382 e. The van der Waals surface area contributed by atoms with Crippen LogP contribution in [0.3, 0.4) is 0 Å². The smallest absolute Gasteiger partial charge is 0.382 e. The van der Waals surface area contributed by atoms with Gasteiger partial charge >= 0.3 is 6.18 Å². The number of hydrogen-bond donors (Lipinski definition) is 1. The molecule has 0 radical (unpaired) electrons. The normalized spacial score (nSPS) is 14.6. The Labute approximate surface area is 98.8 Å². The molecule has 0 saturated carbocycles. The van der Waals surface area contributed by atoms with Crippen molar-refractivity contribution < 1.29 is 34.8 Å². The number of halogens is 3. The Hall–Kier alpha value is 0.204. The van der Waals surface area contributed by atoms with Crippen molar-refractivity contribution in [2.24, 2.45) is 0 Å². The Balaban J connectivity index is 0. The predicted molar refractivity (Wildman–Crippen MR) is 49.0 cm³/mol. The monoisotopic (exact) mass is 271 g/mol. The van der Waals surface area contributed by atoms with Crippen LogP contribution in [0.2, 0.25) is 0 Å². The first kappa shape index (κ1) is 17.6. The number of aliphatic hydroxyl groups is 1. The zero-order chi connectivity index (χ0) is 11.5. The van der Waals surface area contributed by atoms with Gasteiger partial charge in [0, 0.05) is 35.1 Å². The molecule has 96 valence electrons. The van der Waals surface area contributed by atoms with E-state index < -0.39 is 12.3 Å². The zero-order valence-corrected chi connectivity index (χ0v) is 10.3. The van der Waals surface area contributed by atoms with Crippen LogP contribution in [0.1, 0.15) is 27.7 Å². The molecule has 0 aliphatic rings. The maximum Gasteiger partial charge on any atom is 0.415 e. The van der Waals surface area contributed by atoms with Crippen molar-refractivity contribution >= 4 is 0 Å². The van der Waals surface area contributed by atoms with Gasteiger partial charge in [-0.2, -0.15) is 13.2 Å². The summed E-state index contributed by atoms with van der Waals surface area (Å²) in [5, 5.41) is 8.89. The van der Waals surface area contributed by atoms with Crippen LogP contribution in [0.4, 0.5) is 13.2 Å². The van der Waals surface area contributed by atoms with E-state index in [9.17, 15) is 13.2 Å². The van der Waals surface area contributed by atoms with Crippen LogP contribution in [0, 0.1) is 0 Å². The molecule has 6 heteroatoms. The fraction of sp³-hybridized carbons (Fsp3) is 1.00. The molecule has 0 aromatic carbocycles. The van der Waals surface area contributed by atoms with Gasteiger partial charge in [0.2, 0.25) is 0 Å². The first-order valence-corrected chi connectivity index (χ1v) is 4.66. The van der Waals surface area contributed by atoms with E-state index in [4.69, 9.17) is 5.11 Å². The predicted octanol–water partition coefficient (Wildman–Crippen LogP) is 2.03. The van der Waals surface area contributed by atoms with Crippen LogP contribution < -0.4 is 0 Å². The maximum absolute atomic E-state index is 12.1. The van der Waals surface area contributed by atoms with E-state index in [0.717, 1.165) is 0 Å². The van der Waals surface area contributed by atoms with Crippen molar-refractivity contribution in [1.29, 1.82) is 0 Å². The van der Waals surface area contributed by atoms with Crippen LogP contribution in [0.5, 0.6) is 0 Å². The van der Waals surface area contributed by atoms with Crippen LogP contribution in [0.25, 0.3) is 0 Å². The van der Waals surface area contributed by atoms with Gasteiger partial charge in [-0.3, -0.25) is 4.90 Å². The largest absolute Gasteiger partial charge is 0.415 e. The summed E-state index contributed by atoms with van der Waals surface area (Å²) in [5.74, 6) is 0. The summed E-state index contributed by atoms with van der Waals surface area (Å²) in [6.45, 7) is 6.87. The summed E-state index contributed by atoms with van der Waals surface area (Å²) < 4.78 is 36.2. The summed E-state index contributed by atoms with van der Waals surface area (Å²) >= 11 is 0. The quantitative estimate of drug-likeness (QED) is 0.791. The van der Waals surface area contributed by atoms with Gasteiger partial charge in [0.25, 0.3) is 0 Å². The van der Waals surface area contributed by atoms with E-state index in [2.05, 4.69) is 0 Å². The second-order valence-corrected chi connectivity index (χ2v) is 3.94. The molecule has 0 rings (SSSR count). The van der Waals surface area contributed by atoms with Crippen LogP contribution in [-0.2, 0) is 16.5 Å². The number of hydrogen-bond acceptors (Lipinski definition) is 2. The van der Waals surface area contributed by atoms with Crippen LogP contribution in [0.15, 0.2) is 0 Å². The number of aliphatic hydroxyl groups excluding tert-OH is 1. The third-order valence-corrected chi connectivity index (χ3v) is 2.09. The molecule has 0 spiro atoms. The third-order valence-electron chi connectivity index (χ3n) is 2.09. The molecule has 0 bridgehead atoms. The van der Waals surface area contributed by atoms with Crippen molar-refractivity contribution in [2.45, 2.75) is 52.1 Å². The standard InChI is InChI=1S/C9H18F3NO.Ni/c1-6(2)13(7(3)4)5-8(14)9(10,11)12;/h6-8,14H,5H2,1-4H3;. The minimum atomic E-state index is -4.53. The third kappa shape index (κ3) is 6.38. The second kappa shape index (κ2) is 6.71. The molecule has 1 unspecified atom stereocenters. The zero-order valence-electron chi connectivity index (χ0n) is 9.28. The van der Waals surface area contributed by atoms with Crippen molar-refractivity contribution in [2.75, 3.05) is 6.54 Å². The molecule has 1 N–H and O–H groups in total. The van der Waals surface area contributed by atoms with Gasteiger partial charge in [-0.15, -0.1) is 0 Å². The van der Waals surface area contributed by atoms with Gasteiger partial charge in [-0.25, -0.2) is 0 Å². The molecule has 15 heavy (non-hydrogen) atoms. The number of nitrogens with zero attached hydrogens (tertiary/aromatic N) is 1. The molecule has 0 fully saturated rings. The average Bonchev–Trinajstić information content (AvgIpc) is 1.96. The molecule has 0 aliphatic carbocycles. The summed E-state index contributed by atoms with van der Waals surface area (Å²) in [6, 6.07) is -0.0148. The van der Waals surface area contributed by atoms with Crippen molar-refractivity contribution in [1.82, 2.24) is 4.90 Å². The molecular formula is C9H18F3NNiO. The Kier molecular flexibility index (Phi) is 7.88. The molecule has 0 heterocycles. The molecule has 0 amide bonds. The fourth-order valence-electron chi connectivity index (χ4n) is 1.32. The van der Waals surface area contributed by atoms with Crippen molar-refractivity contribution in [3.05, 3.63) is 0 Å². The summed E-state index contributed by atoms with van der Waals surface area (Å²) in [7, 11) is 0. The number of rotatable bonds is 4. The second-order valence-electron chi connectivity index (χ2n) is 3.94. The Morgan fingerprint density at radius 2 is 1.40 bits per heavy atom. The van der Waals surface area contributed by atoms with Gasteiger partial charge in [-0.05, 0) is 27.7 Å². The molecule has 1 atom stereocenters. The topological polar surface area (TPSA) is 23.5 Å². The summed E-state index contributed by atoms with van der Waals surface area (Å²) in [5.41, 5.74) is 0. The Morgan fingerprint density at radius 3 is 1.60 bits per heavy atom. The SMILES string of the molecule is CC(C)N(CC(O)C(F)(F)F)C(C)C.[Ni]. The van der Waals surface area contributed by atoms with E-state index in [-0.39, 0.29) is 35.1 Å². The fourth-order valence-corrected chi connectivity index (χ4v) is 1.32. The van der Waals surface area contributed by atoms with Crippen molar-refractivity contribution in [3.63, 3.8) is 0 Å². The maximum atomic E-state index is 12.1. The molecular weight excluding hydrogens is 254 g/mol. The number of alkyl halides is 3. The van der Waals surface area contributed by atoms with Gasteiger partial charge in [0.15, 0.2) is 6.10 Å². The van der Waals surface area contributed by atoms with E-state index in [1.165, 1.54) is 0 Å². The first-order valence-electron chi connectivity index (χ1n) is 4.66. The first-order chi connectivity index (χ1) is 6.16. The van der Waals surface area contributed by atoms with Gasteiger partial charge in [0.1, 0.15) is 0 Å². The molecule has 2 nitrogen and oxygen atoms in total. The molecule has 0 saturated heterocycles. The van der Waals surface area contributed by atoms with E-state index in [1.807, 2.05) is 27.7 Å². The van der Waals surface area contributed by atoms with E-state index >= 15 is 0 Å². The van der Waals surface area contributed by atoms with Gasteiger partial charge < -0.3 is 5.11 Å². The molecule has 0 aromatic heterocycles. The summed E-state index contributed by atoms with van der Waals surface area (Å²) in [4.78, 5) is 1.61. The Bertz CT molecular complexity index is 165. The van der Waals surface area contributed by atoms with Crippen LogP contribution in [-0.4, -0.2) is 40.9 Å². The average molecular weight is 272 g/mol. The van der Waals surface area contributed by atoms with Crippen LogP contribution >= 0.6 is 0 Å². The van der Waals surface area contributed by atoms with E-state index in [0.29, 0.717) is 0 Å². The molecule has 0 aromatic rings. The van der Waals surface area contributed by atoms with E-state index in [1.54, 1.807) is 4.90 Å². The minimum absolute atomic E-state index is 0. The van der Waals surface area contributed by atoms with Crippen molar-refractivity contribution in [3.8, 4) is 0 Å².